The molecule has 1 N–H and O–H groups in total. The Bertz CT molecular complexity index is 819. The van der Waals surface area contributed by atoms with Crippen molar-refractivity contribution in [3.05, 3.63) is 35.7 Å². The van der Waals surface area contributed by atoms with E-state index in [9.17, 15) is 4.79 Å². The van der Waals surface area contributed by atoms with Gasteiger partial charge in [-0.15, -0.1) is 10.2 Å². The molecule has 0 saturated heterocycles. The van der Waals surface area contributed by atoms with Crippen LogP contribution >= 0.6 is 11.8 Å². The third-order valence-electron chi connectivity index (χ3n) is 5.81. The van der Waals surface area contributed by atoms with Gasteiger partial charge in [0.05, 0.1) is 5.75 Å². The first-order valence-corrected chi connectivity index (χ1v) is 12.0. The van der Waals surface area contributed by atoms with Crippen molar-refractivity contribution in [2.75, 3.05) is 5.75 Å². The lowest BCUT2D eigenvalue weighted by molar-refractivity contribution is -0.119. The highest BCUT2D eigenvalue weighted by Gasteiger charge is 2.23. The van der Waals surface area contributed by atoms with Crippen LogP contribution in [0.25, 0.3) is 0 Å². The number of aromatic nitrogens is 3. The maximum Gasteiger partial charge on any atom is 0.230 e. The highest BCUT2D eigenvalue weighted by atomic mass is 32.2. The first-order valence-electron chi connectivity index (χ1n) is 11.0. The smallest absolute Gasteiger partial charge is 0.230 e. The van der Waals surface area contributed by atoms with Crippen molar-refractivity contribution in [1.29, 1.82) is 0 Å². The van der Waals surface area contributed by atoms with Gasteiger partial charge in [0.2, 0.25) is 5.91 Å². The number of thioether (sulfide) groups is 1. The second-order valence-corrected chi connectivity index (χ2v) is 9.32. The Morgan fingerprint density at radius 1 is 1.23 bits per heavy atom. The van der Waals surface area contributed by atoms with Crippen LogP contribution in [-0.2, 0) is 17.9 Å². The van der Waals surface area contributed by atoms with Crippen LogP contribution < -0.4 is 10.1 Å². The van der Waals surface area contributed by atoms with Crippen LogP contribution in [0.15, 0.2) is 29.4 Å². The van der Waals surface area contributed by atoms with Gasteiger partial charge < -0.3 is 14.6 Å². The summed E-state index contributed by atoms with van der Waals surface area (Å²) in [6.07, 6.45) is 4.76. The third-order valence-corrected chi connectivity index (χ3v) is 6.78. The van der Waals surface area contributed by atoms with E-state index in [1.54, 1.807) is 0 Å². The topological polar surface area (TPSA) is 69.0 Å². The Morgan fingerprint density at radius 3 is 2.63 bits per heavy atom. The number of amides is 1. The van der Waals surface area contributed by atoms with Crippen LogP contribution in [0.2, 0.25) is 0 Å². The molecule has 2 atom stereocenters. The van der Waals surface area contributed by atoms with Crippen LogP contribution in [0.3, 0.4) is 0 Å². The summed E-state index contributed by atoms with van der Waals surface area (Å²) in [5, 5.41) is 12.5. The predicted molar refractivity (Wildman–Crippen MR) is 121 cm³/mol. The molecule has 0 bridgehead atoms. The quantitative estimate of drug-likeness (QED) is 0.580. The Labute approximate surface area is 184 Å². The van der Waals surface area contributed by atoms with Crippen molar-refractivity contribution in [3.63, 3.8) is 0 Å². The van der Waals surface area contributed by atoms with Gasteiger partial charge in [0.1, 0.15) is 12.4 Å². The van der Waals surface area contributed by atoms with Crippen molar-refractivity contribution in [3.8, 4) is 5.75 Å². The average Bonchev–Trinajstić information content (AvgIpc) is 3.14. The molecule has 3 rings (SSSR count). The minimum Gasteiger partial charge on any atom is -0.486 e. The van der Waals surface area contributed by atoms with Crippen LogP contribution in [0.5, 0.6) is 5.75 Å². The van der Waals surface area contributed by atoms with E-state index in [1.807, 2.05) is 16.7 Å². The van der Waals surface area contributed by atoms with E-state index < -0.39 is 0 Å². The molecule has 1 amide bonds. The van der Waals surface area contributed by atoms with Gasteiger partial charge in [-0.2, -0.15) is 0 Å². The molecule has 1 aromatic heterocycles. The summed E-state index contributed by atoms with van der Waals surface area (Å²) >= 11 is 1.44. The average molecular weight is 431 g/mol. The summed E-state index contributed by atoms with van der Waals surface area (Å²) in [6, 6.07) is 8.49. The summed E-state index contributed by atoms with van der Waals surface area (Å²) in [6.45, 7) is 9.73. The molecular weight excluding hydrogens is 396 g/mol. The van der Waals surface area contributed by atoms with Gasteiger partial charge in [0.25, 0.3) is 0 Å². The van der Waals surface area contributed by atoms with Crippen molar-refractivity contribution in [2.24, 2.45) is 5.92 Å². The summed E-state index contributed by atoms with van der Waals surface area (Å²) in [7, 11) is 0. The Hall–Kier alpha value is -2.02. The van der Waals surface area contributed by atoms with Crippen molar-refractivity contribution in [2.45, 2.75) is 83.6 Å². The summed E-state index contributed by atoms with van der Waals surface area (Å²) in [5.74, 6) is 3.09. The van der Waals surface area contributed by atoms with Gasteiger partial charge in [-0.3, -0.25) is 4.79 Å². The number of carbonyl (C=O) groups is 1. The number of nitrogens with zero attached hydrogens (tertiary/aromatic N) is 3. The molecular formula is C23H34N4O2S. The van der Waals surface area contributed by atoms with E-state index in [2.05, 4.69) is 55.3 Å². The molecule has 1 saturated carbocycles. The Balaban J connectivity index is 1.52. The van der Waals surface area contributed by atoms with Gasteiger partial charge in [-0.1, -0.05) is 57.5 Å². The highest BCUT2D eigenvalue weighted by Crippen LogP contribution is 2.24. The van der Waals surface area contributed by atoms with E-state index in [0.29, 0.717) is 30.2 Å². The minimum atomic E-state index is 0.0763. The fourth-order valence-electron chi connectivity index (χ4n) is 3.86. The molecule has 1 aromatic carbocycles. The molecule has 7 heteroatoms. The number of carbonyl (C=O) groups excluding carboxylic acids is 1. The molecule has 0 radical (unpaired) electrons. The third kappa shape index (κ3) is 6.00. The maximum atomic E-state index is 12.4. The molecule has 0 aliphatic heterocycles. The maximum absolute atomic E-state index is 12.4. The van der Waals surface area contributed by atoms with Crippen LogP contribution in [-0.4, -0.2) is 32.5 Å². The van der Waals surface area contributed by atoms with Crippen LogP contribution in [0, 0.1) is 5.92 Å². The van der Waals surface area contributed by atoms with Crippen molar-refractivity contribution >= 4 is 17.7 Å². The molecule has 1 fully saturated rings. The lowest BCUT2D eigenvalue weighted by Gasteiger charge is -2.29. The second-order valence-electron chi connectivity index (χ2n) is 8.38. The molecule has 0 unspecified atom stereocenters. The molecule has 1 aliphatic carbocycles. The number of rotatable bonds is 9. The highest BCUT2D eigenvalue weighted by molar-refractivity contribution is 7.99. The van der Waals surface area contributed by atoms with Crippen LogP contribution in [0.1, 0.15) is 70.7 Å². The number of nitrogens with one attached hydrogen (secondary N) is 1. The summed E-state index contributed by atoms with van der Waals surface area (Å²) in [5.41, 5.74) is 1.29. The monoisotopic (exact) mass is 430 g/mol. The van der Waals surface area contributed by atoms with E-state index in [-0.39, 0.29) is 5.91 Å². The van der Waals surface area contributed by atoms with E-state index >= 15 is 0 Å². The molecule has 6 nitrogen and oxygen atoms in total. The number of ether oxygens (including phenoxy) is 1. The predicted octanol–water partition coefficient (Wildman–Crippen LogP) is 4.79. The fourth-order valence-corrected chi connectivity index (χ4v) is 4.69. The SMILES string of the molecule is CCn1c(COc2ccc(C(C)C)cc2)nnc1SCC(=O)N[C@@H]1CCCC[C@H]1C. The van der Waals surface area contributed by atoms with Crippen molar-refractivity contribution in [1.82, 2.24) is 20.1 Å². The molecule has 2 aromatic rings. The van der Waals surface area contributed by atoms with E-state index in [4.69, 9.17) is 4.74 Å². The Morgan fingerprint density at radius 2 is 1.97 bits per heavy atom. The largest absolute Gasteiger partial charge is 0.486 e. The van der Waals surface area contributed by atoms with Gasteiger partial charge in [-0.25, -0.2) is 0 Å². The summed E-state index contributed by atoms with van der Waals surface area (Å²) < 4.78 is 7.93. The zero-order valence-corrected chi connectivity index (χ0v) is 19.4. The molecule has 1 aliphatic rings. The van der Waals surface area contributed by atoms with E-state index in [0.717, 1.165) is 29.7 Å². The number of benzene rings is 1. The van der Waals surface area contributed by atoms with Gasteiger partial charge in [0, 0.05) is 12.6 Å². The lowest BCUT2D eigenvalue weighted by atomic mass is 9.86. The number of hydrogen-bond acceptors (Lipinski definition) is 5. The zero-order valence-electron chi connectivity index (χ0n) is 18.6. The van der Waals surface area contributed by atoms with Crippen molar-refractivity contribution < 1.29 is 9.53 Å². The lowest BCUT2D eigenvalue weighted by Crippen LogP contribution is -2.41. The first-order chi connectivity index (χ1) is 14.5. The first kappa shape index (κ1) is 22.7. The summed E-state index contributed by atoms with van der Waals surface area (Å²) in [4.78, 5) is 12.4. The molecule has 0 spiro atoms. The Kier molecular flexibility index (Phi) is 8.19. The van der Waals surface area contributed by atoms with E-state index in [1.165, 1.54) is 36.6 Å². The van der Waals surface area contributed by atoms with Gasteiger partial charge >= 0.3 is 0 Å². The van der Waals surface area contributed by atoms with Gasteiger partial charge in [-0.05, 0) is 49.3 Å². The second kappa shape index (κ2) is 10.8. The molecule has 30 heavy (non-hydrogen) atoms. The standard InChI is InChI=1S/C23H34N4O2S/c1-5-27-21(14-29-19-12-10-18(11-13-19)16(2)3)25-26-23(27)30-15-22(28)24-20-9-7-6-8-17(20)4/h10-13,16-17,20H,5-9,14-15H2,1-4H3,(H,24,28)/t17-,20-/m1/s1. The molecule has 1 heterocycles. The van der Waals surface area contributed by atoms with Gasteiger partial charge in [0.15, 0.2) is 11.0 Å². The number of hydrogen-bond donors (Lipinski definition) is 1. The molecule has 164 valence electrons. The normalized spacial score (nSPS) is 19.1. The zero-order chi connectivity index (χ0) is 21.5. The minimum absolute atomic E-state index is 0.0763. The fraction of sp³-hybridized carbons (Fsp3) is 0.609. The van der Waals surface area contributed by atoms with Crippen LogP contribution in [0.4, 0.5) is 0 Å².